The molecule has 0 atom stereocenters. The number of hydrogen-bond donors (Lipinski definition) is 2. The van der Waals surface area contributed by atoms with E-state index in [9.17, 15) is 4.79 Å². The molecule has 2 aromatic carbocycles. The maximum absolute atomic E-state index is 11.0. The predicted octanol–water partition coefficient (Wildman–Crippen LogP) is 5.93. The second-order valence-electron chi connectivity index (χ2n) is 7.43. The second kappa shape index (κ2) is 13.4. The van der Waals surface area contributed by atoms with Crippen molar-refractivity contribution in [2.45, 2.75) is 20.8 Å². The predicted molar refractivity (Wildman–Crippen MR) is 146 cm³/mol. The van der Waals surface area contributed by atoms with Crippen LogP contribution in [0.2, 0.25) is 10.3 Å². The molecule has 0 unspecified atom stereocenters. The van der Waals surface area contributed by atoms with E-state index in [1.807, 2.05) is 62.4 Å². The van der Waals surface area contributed by atoms with Gasteiger partial charge in [0.15, 0.2) is 0 Å². The van der Waals surface area contributed by atoms with Crippen molar-refractivity contribution in [3.05, 3.63) is 71.0 Å². The monoisotopic (exact) mass is 540 g/mol. The van der Waals surface area contributed by atoms with E-state index < -0.39 is 0 Å². The van der Waals surface area contributed by atoms with Crippen LogP contribution in [-0.2, 0) is 4.79 Å². The molecule has 0 spiro atoms. The number of halogens is 2. The number of ether oxygens (including phenoxy) is 2. The molecule has 4 rings (SSSR count). The minimum atomic E-state index is -0.245. The van der Waals surface area contributed by atoms with Crippen molar-refractivity contribution in [3.8, 4) is 34.0 Å². The highest BCUT2D eigenvalue weighted by Gasteiger charge is 2.07. The number of carbonyl (C=O) groups is 1. The van der Waals surface area contributed by atoms with Crippen molar-refractivity contribution < 1.29 is 14.3 Å². The Morgan fingerprint density at radius 2 is 1.24 bits per heavy atom. The van der Waals surface area contributed by atoms with Gasteiger partial charge in [-0.1, -0.05) is 23.2 Å². The zero-order valence-corrected chi connectivity index (χ0v) is 22.0. The fraction of sp³-hybridized carbons (Fsp3) is 0.192. The van der Waals surface area contributed by atoms with Crippen LogP contribution < -0.4 is 20.5 Å². The fourth-order valence-electron chi connectivity index (χ4n) is 3.14. The Bertz CT molecular complexity index is 1320. The number of amides is 1. The molecule has 2 aromatic heterocycles. The van der Waals surface area contributed by atoms with E-state index in [4.69, 9.17) is 38.4 Å². The first kappa shape index (κ1) is 27.6. The lowest BCUT2D eigenvalue weighted by Gasteiger charge is -2.07. The topological polar surface area (TPSA) is 125 Å². The van der Waals surface area contributed by atoms with Crippen molar-refractivity contribution >= 4 is 41.0 Å². The zero-order valence-electron chi connectivity index (χ0n) is 20.5. The molecule has 0 aliphatic rings. The Balaban J connectivity index is 0.000000208. The summed E-state index contributed by atoms with van der Waals surface area (Å²) in [5.74, 6) is 1.73. The molecule has 1 amide bonds. The molecule has 0 fully saturated rings. The van der Waals surface area contributed by atoms with Crippen LogP contribution in [0.4, 0.5) is 11.9 Å². The molecule has 0 saturated carbocycles. The largest absolute Gasteiger partial charge is 0.494 e. The van der Waals surface area contributed by atoms with Gasteiger partial charge in [0.05, 0.1) is 24.6 Å². The molecular weight excluding hydrogens is 515 g/mol. The van der Waals surface area contributed by atoms with Gasteiger partial charge in [-0.05, 0) is 62.4 Å². The quantitative estimate of drug-likeness (QED) is 0.276. The maximum atomic E-state index is 11.0. The van der Waals surface area contributed by atoms with Crippen LogP contribution >= 0.6 is 23.2 Å². The highest BCUT2D eigenvalue weighted by Crippen LogP contribution is 2.25. The second-order valence-corrected chi connectivity index (χ2v) is 8.20. The highest BCUT2D eigenvalue weighted by atomic mass is 35.5. The smallest absolute Gasteiger partial charge is 0.231 e. The average Bonchev–Trinajstić information content (AvgIpc) is 2.84. The van der Waals surface area contributed by atoms with E-state index in [2.05, 4.69) is 25.3 Å². The SMILES string of the molecule is CCOc1ccc(-c2cc(Cl)nc(N)n2)cc1.CCOc1ccc(-c2cc(Cl)nc(NC(C)=O)n2)cc1. The number of carbonyl (C=O) groups excluding carboxylic acids is 1. The summed E-state index contributed by atoms with van der Waals surface area (Å²) >= 11 is 11.8. The van der Waals surface area contributed by atoms with Gasteiger partial charge in [0, 0.05) is 30.2 Å². The third kappa shape index (κ3) is 8.59. The first-order chi connectivity index (χ1) is 17.8. The van der Waals surface area contributed by atoms with Crippen LogP contribution in [0.1, 0.15) is 20.8 Å². The molecule has 9 nitrogen and oxygen atoms in total. The number of nitrogens with one attached hydrogen (secondary N) is 1. The van der Waals surface area contributed by atoms with Gasteiger partial charge in [0.25, 0.3) is 0 Å². The van der Waals surface area contributed by atoms with Crippen LogP contribution in [0.25, 0.3) is 22.5 Å². The molecule has 0 bridgehead atoms. The Labute approximate surface area is 225 Å². The number of anilines is 2. The number of nitrogens with zero attached hydrogens (tertiary/aromatic N) is 4. The van der Waals surface area contributed by atoms with Crippen LogP contribution in [0, 0.1) is 0 Å². The third-order valence-electron chi connectivity index (χ3n) is 4.62. The van der Waals surface area contributed by atoms with Crippen molar-refractivity contribution in [2.75, 3.05) is 24.3 Å². The number of nitrogen functional groups attached to an aromatic ring is 1. The molecule has 2 heterocycles. The Morgan fingerprint density at radius 1 is 0.784 bits per heavy atom. The standard InChI is InChI=1S/C14H14ClN3O2.C12H12ClN3O/c1-3-20-11-6-4-10(5-7-11)12-8-13(15)18-14(17-12)16-9(2)19;1-2-17-9-5-3-8(4-6-9)10-7-11(13)16-12(14)15-10/h4-8H,3H2,1-2H3,(H,16,17,18,19);3-7H,2H2,1H3,(H2,14,15,16). The van der Waals surface area contributed by atoms with Crippen LogP contribution in [0.5, 0.6) is 11.5 Å². The van der Waals surface area contributed by atoms with Gasteiger partial charge in [-0.25, -0.2) is 19.9 Å². The van der Waals surface area contributed by atoms with Crippen molar-refractivity contribution in [1.29, 1.82) is 0 Å². The van der Waals surface area contributed by atoms with E-state index in [0.717, 1.165) is 22.6 Å². The summed E-state index contributed by atoms with van der Waals surface area (Å²) < 4.78 is 10.7. The van der Waals surface area contributed by atoms with Crippen molar-refractivity contribution in [1.82, 2.24) is 19.9 Å². The maximum Gasteiger partial charge on any atom is 0.231 e. The summed E-state index contributed by atoms with van der Waals surface area (Å²) in [5.41, 5.74) is 8.66. The zero-order chi connectivity index (χ0) is 26.8. The minimum Gasteiger partial charge on any atom is -0.494 e. The number of rotatable bonds is 7. The lowest BCUT2D eigenvalue weighted by Crippen LogP contribution is -2.09. The summed E-state index contributed by atoms with van der Waals surface area (Å²) in [6.07, 6.45) is 0. The molecule has 0 radical (unpaired) electrons. The first-order valence-corrected chi connectivity index (χ1v) is 12.1. The fourth-order valence-corrected chi connectivity index (χ4v) is 3.51. The lowest BCUT2D eigenvalue weighted by molar-refractivity contribution is -0.114. The molecule has 0 aliphatic heterocycles. The number of nitrogens with two attached hydrogens (primary N) is 1. The molecule has 0 saturated heterocycles. The van der Waals surface area contributed by atoms with Crippen LogP contribution in [0.15, 0.2) is 60.7 Å². The van der Waals surface area contributed by atoms with Gasteiger partial charge in [-0.2, -0.15) is 0 Å². The Morgan fingerprint density at radius 3 is 1.68 bits per heavy atom. The van der Waals surface area contributed by atoms with Crippen molar-refractivity contribution in [3.63, 3.8) is 0 Å². The van der Waals surface area contributed by atoms with Gasteiger partial charge in [0.2, 0.25) is 17.8 Å². The van der Waals surface area contributed by atoms with E-state index >= 15 is 0 Å². The molecule has 4 aromatic rings. The summed E-state index contributed by atoms with van der Waals surface area (Å²) in [6.45, 7) is 6.52. The molecule has 11 heteroatoms. The van der Waals surface area contributed by atoms with Gasteiger partial charge in [0.1, 0.15) is 21.8 Å². The van der Waals surface area contributed by atoms with Crippen LogP contribution in [0.3, 0.4) is 0 Å². The summed E-state index contributed by atoms with van der Waals surface area (Å²) in [4.78, 5) is 27.2. The Kier molecular flexibility index (Phi) is 10.00. The lowest BCUT2D eigenvalue weighted by atomic mass is 10.1. The van der Waals surface area contributed by atoms with Gasteiger partial charge in [-0.3, -0.25) is 10.1 Å². The van der Waals surface area contributed by atoms with E-state index in [1.54, 1.807) is 12.1 Å². The van der Waals surface area contributed by atoms with Crippen molar-refractivity contribution in [2.24, 2.45) is 0 Å². The summed E-state index contributed by atoms with van der Waals surface area (Å²) in [6, 6.07) is 18.3. The highest BCUT2D eigenvalue weighted by molar-refractivity contribution is 6.30. The van der Waals surface area contributed by atoms with E-state index in [-0.39, 0.29) is 23.0 Å². The Hall–Kier alpha value is -3.95. The third-order valence-corrected chi connectivity index (χ3v) is 5.00. The van der Waals surface area contributed by atoms with Gasteiger partial charge < -0.3 is 15.2 Å². The molecule has 0 aliphatic carbocycles. The number of aromatic nitrogens is 4. The molecule has 3 N–H and O–H groups in total. The van der Waals surface area contributed by atoms with Gasteiger partial charge in [-0.15, -0.1) is 0 Å². The molecular formula is C26H26Cl2N6O3. The summed E-state index contributed by atoms with van der Waals surface area (Å²) in [7, 11) is 0. The number of benzene rings is 2. The minimum absolute atomic E-state index is 0.168. The van der Waals surface area contributed by atoms with Crippen LogP contribution in [-0.4, -0.2) is 39.1 Å². The summed E-state index contributed by atoms with van der Waals surface area (Å²) in [5, 5.41) is 3.12. The van der Waals surface area contributed by atoms with E-state index in [0.29, 0.717) is 29.8 Å². The van der Waals surface area contributed by atoms with Gasteiger partial charge >= 0.3 is 0 Å². The number of hydrogen-bond acceptors (Lipinski definition) is 8. The normalized spacial score (nSPS) is 10.2. The average molecular weight is 541 g/mol. The molecule has 192 valence electrons. The molecule has 37 heavy (non-hydrogen) atoms. The first-order valence-electron chi connectivity index (χ1n) is 11.4. The van der Waals surface area contributed by atoms with E-state index in [1.165, 1.54) is 6.92 Å².